The third kappa shape index (κ3) is 2.26. The van der Waals surface area contributed by atoms with Crippen molar-refractivity contribution in [3.05, 3.63) is 60.2 Å². The predicted octanol–water partition coefficient (Wildman–Crippen LogP) is 2.39. The lowest BCUT2D eigenvalue weighted by Gasteiger charge is -2.33. The van der Waals surface area contributed by atoms with Crippen LogP contribution in [0.15, 0.2) is 54.6 Å². The van der Waals surface area contributed by atoms with Crippen LogP contribution >= 0.6 is 0 Å². The Morgan fingerprint density at radius 1 is 1.36 bits per heavy atom. The molecule has 2 saturated heterocycles. The quantitative estimate of drug-likeness (QED) is 0.837. The van der Waals surface area contributed by atoms with Gasteiger partial charge in [0.05, 0.1) is 18.1 Å². The van der Waals surface area contributed by atoms with E-state index in [1.54, 1.807) is 11.0 Å². The Labute approximate surface area is 146 Å². The van der Waals surface area contributed by atoms with E-state index in [4.69, 9.17) is 4.74 Å². The highest BCUT2D eigenvalue weighted by Crippen LogP contribution is 2.56. The van der Waals surface area contributed by atoms with E-state index in [1.807, 2.05) is 43.3 Å². The standard InChI is InChI=1S/C20H21NO4/c1-12(2)10-15-20-9-8-14(25-20)16(19(23)24)17(20)18(22)21(15)11-13-6-4-3-5-7-13/h3-9,14-17H,1,10-11H2,2H3,(H,23,24)/t14-,15+,16-,17+,20-/m1/s1. The number of carboxylic acids is 1. The van der Waals surface area contributed by atoms with Crippen molar-refractivity contribution in [1.82, 2.24) is 4.90 Å². The summed E-state index contributed by atoms with van der Waals surface area (Å²) in [6.45, 7) is 6.37. The van der Waals surface area contributed by atoms with Crippen molar-refractivity contribution >= 4 is 11.9 Å². The molecule has 25 heavy (non-hydrogen) atoms. The van der Waals surface area contributed by atoms with Crippen LogP contribution in [0.1, 0.15) is 18.9 Å². The van der Waals surface area contributed by atoms with Crippen LogP contribution in [0.5, 0.6) is 0 Å². The zero-order valence-electron chi connectivity index (χ0n) is 14.1. The fourth-order valence-electron chi connectivity index (χ4n) is 4.57. The Bertz CT molecular complexity index is 771. The molecule has 1 N–H and O–H groups in total. The van der Waals surface area contributed by atoms with Crippen molar-refractivity contribution in [3.8, 4) is 0 Å². The van der Waals surface area contributed by atoms with Crippen LogP contribution in [0, 0.1) is 11.8 Å². The minimum Gasteiger partial charge on any atom is -0.481 e. The normalized spacial score (nSPS) is 35.2. The number of amides is 1. The molecular weight excluding hydrogens is 318 g/mol. The summed E-state index contributed by atoms with van der Waals surface area (Å²) in [6, 6.07) is 9.52. The average molecular weight is 339 g/mol. The molecule has 5 nitrogen and oxygen atoms in total. The average Bonchev–Trinajstić information content (AvgIpc) is 3.20. The van der Waals surface area contributed by atoms with E-state index < -0.39 is 29.5 Å². The Hall–Kier alpha value is -2.40. The Kier molecular flexibility index (Phi) is 3.58. The van der Waals surface area contributed by atoms with Crippen LogP contribution in [0.3, 0.4) is 0 Å². The summed E-state index contributed by atoms with van der Waals surface area (Å²) in [4.78, 5) is 26.8. The summed E-state index contributed by atoms with van der Waals surface area (Å²) in [5.41, 5.74) is 1.12. The second-order valence-corrected chi connectivity index (χ2v) is 7.27. The maximum Gasteiger partial charge on any atom is 0.310 e. The number of ether oxygens (including phenoxy) is 1. The van der Waals surface area contributed by atoms with E-state index in [1.165, 1.54) is 0 Å². The molecule has 0 unspecified atom stereocenters. The number of benzene rings is 1. The lowest BCUT2D eigenvalue weighted by atomic mass is 9.74. The van der Waals surface area contributed by atoms with Crippen molar-refractivity contribution in [2.75, 3.05) is 0 Å². The fourth-order valence-corrected chi connectivity index (χ4v) is 4.57. The summed E-state index contributed by atoms with van der Waals surface area (Å²) in [5, 5.41) is 9.64. The molecule has 1 spiro atoms. The van der Waals surface area contributed by atoms with Gasteiger partial charge in [-0.05, 0) is 18.9 Å². The first-order valence-electron chi connectivity index (χ1n) is 8.53. The first-order valence-corrected chi connectivity index (χ1v) is 8.53. The second kappa shape index (κ2) is 5.56. The molecule has 0 saturated carbocycles. The molecule has 1 aromatic rings. The van der Waals surface area contributed by atoms with Crippen molar-refractivity contribution < 1.29 is 19.4 Å². The van der Waals surface area contributed by atoms with Gasteiger partial charge in [0.15, 0.2) is 0 Å². The lowest BCUT2D eigenvalue weighted by Crippen LogP contribution is -2.45. The third-order valence-electron chi connectivity index (χ3n) is 5.55. The molecule has 3 heterocycles. The summed E-state index contributed by atoms with van der Waals surface area (Å²) in [6.07, 6.45) is 3.80. The molecule has 1 amide bonds. The zero-order chi connectivity index (χ0) is 17.8. The van der Waals surface area contributed by atoms with Gasteiger partial charge in [-0.3, -0.25) is 9.59 Å². The molecule has 0 aliphatic carbocycles. The Balaban J connectivity index is 1.74. The Morgan fingerprint density at radius 2 is 2.08 bits per heavy atom. The molecule has 2 bridgehead atoms. The number of rotatable bonds is 5. The van der Waals surface area contributed by atoms with Crippen molar-refractivity contribution in [2.45, 2.75) is 37.6 Å². The highest BCUT2D eigenvalue weighted by atomic mass is 16.5. The van der Waals surface area contributed by atoms with E-state index in [2.05, 4.69) is 6.58 Å². The number of hydrogen-bond donors (Lipinski definition) is 1. The summed E-state index contributed by atoms with van der Waals surface area (Å²) >= 11 is 0. The first kappa shape index (κ1) is 16.1. The van der Waals surface area contributed by atoms with Crippen molar-refractivity contribution in [2.24, 2.45) is 11.8 Å². The van der Waals surface area contributed by atoms with E-state index in [0.29, 0.717) is 13.0 Å². The zero-order valence-corrected chi connectivity index (χ0v) is 14.1. The highest BCUT2D eigenvalue weighted by molar-refractivity contribution is 5.91. The van der Waals surface area contributed by atoms with Gasteiger partial charge < -0.3 is 14.7 Å². The number of carbonyl (C=O) groups is 2. The van der Waals surface area contributed by atoms with Gasteiger partial charge >= 0.3 is 5.97 Å². The Morgan fingerprint density at radius 3 is 2.72 bits per heavy atom. The SMILES string of the molecule is C=C(C)C[C@@H]1N(Cc2ccccc2)C(=O)[C@@H]2[C@H](C(=O)O)[C@H]3C=C[C@]21O3. The number of nitrogens with zero attached hydrogens (tertiary/aromatic N) is 1. The summed E-state index contributed by atoms with van der Waals surface area (Å²) in [7, 11) is 0. The van der Waals surface area contributed by atoms with Gasteiger partial charge in [0.2, 0.25) is 5.91 Å². The van der Waals surface area contributed by atoms with Crippen LogP contribution in [0.4, 0.5) is 0 Å². The van der Waals surface area contributed by atoms with Gasteiger partial charge in [-0.15, -0.1) is 6.58 Å². The second-order valence-electron chi connectivity index (χ2n) is 7.27. The molecule has 5 heteroatoms. The van der Waals surface area contributed by atoms with E-state index >= 15 is 0 Å². The molecule has 2 fully saturated rings. The molecule has 5 atom stereocenters. The van der Waals surface area contributed by atoms with Crippen LogP contribution in [-0.2, 0) is 20.9 Å². The number of likely N-dealkylation sites (tertiary alicyclic amines) is 1. The van der Waals surface area contributed by atoms with Gasteiger partial charge in [0.25, 0.3) is 0 Å². The monoisotopic (exact) mass is 339 g/mol. The highest BCUT2D eigenvalue weighted by Gasteiger charge is 2.70. The summed E-state index contributed by atoms with van der Waals surface area (Å²) < 4.78 is 6.11. The maximum atomic E-state index is 13.2. The van der Waals surface area contributed by atoms with E-state index in [0.717, 1.165) is 11.1 Å². The fraction of sp³-hybridized carbons (Fsp3) is 0.400. The van der Waals surface area contributed by atoms with Crippen LogP contribution in [-0.4, -0.2) is 39.6 Å². The molecule has 3 aliphatic rings. The molecular formula is C20H21NO4. The topological polar surface area (TPSA) is 66.8 Å². The molecule has 130 valence electrons. The van der Waals surface area contributed by atoms with Gasteiger partial charge in [0, 0.05) is 6.54 Å². The van der Waals surface area contributed by atoms with Gasteiger partial charge in [-0.25, -0.2) is 0 Å². The van der Waals surface area contributed by atoms with Crippen molar-refractivity contribution in [1.29, 1.82) is 0 Å². The molecule has 0 radical (unpaired) electrons. The van der Waals surface area contributed by atoms with E-state index in [-0.39, 0.29) is 11.9 Å². The number of carbonyl (C=O) groups excluding carboxylic acids is 1. The third-order valence-corrected chi connectivity index (χ3v) is 5.55. The molecule has 3 aliphatic heterocycles. The number of fused-ring (bicyclic) bond motifs is 1. The minimum atomic E-state index is -0.967. The lowest BCUT2D eigenvalue weighted by molar-refractivity contribution is -0.148. The predicted molar refractivity (Wildman–Crippen MR) is 91.6 cm³/mol. The molecule has 4 rings (SSSR count). The van der Waals surface area contributed by atoms with Gasteiger partial charge in [0.1, 0.15) is 11.5 Å². The van der Waals surface area contributed by atoms with Gasteiger partial charge in [-0.2, -0.15) is 0 Å². The number of carboxylic acid groups (broad SMARTS) is 1. The first-order chi connectivity index (χ1) is 11.9. The number of aliphatic carboxylic acids is 1. The minimum absolute atomic E-state index is 0.130. The smallest absolute Gasteiger partial charge is 0.310 e. The number of hydrogen-bond acceptors (Lipinski definition) is 3. The van der Waals surface area contributed by atoms with Crippen LogP contribution < -0.4 is 0 Å². The van der Waals surface area contributed by atoms with Gasteiger partial charge in [-0.1, -0.05) is 48.1 Å². The largest absolute Gasteiger partial charge is 0.481 e. The molecule has 1 aromatic carbocycles. The van der Waals surface area contributed by atoms with Crippen molar-refractivity contribution in [3.63, 3.8) is 0 Å². The maximum absolute atomic E-state index is 13.2. The van der Waals surface area contributed by atoms with E-state index in [9.17, 15) is 14.7 Å². The van der Waals surface area contributed by atoms with Crippen LogP contribution in [0.25, 0.3) is 0 Å². The van der Waals surface area contributed by atoms with Crippen LogP contribution in [0.2, 0.25) is 0 Å². The summed E-state index contributed by atoms with van der Waals surface area (Å²) in [5.74, 6) is -2.57. The molecule has 0 aromatic heterocycles.